The van der Waals surface area contributed by atoms with Gasteiger partial charge < -0.3 is 9.05 Å². The van der Waals surface area contributed by atoms with Crippen LogP contribution in [0.1, 0.15) is 11.1 Å². The first kappa shape index (κ1) is 19.2. The number of aryl methyl sites for hydroxylation is 1. The highest BCUT2D eigenvalue weighted by Crippen LogP contribution is 2.59. The van der Waals surface area contributed by atoms with Gasteiger partial charge in [0.2, 0.25) is 0 Å². The number of halogens is 1. The maximum atomic E-state index is 14.1. The smallest absolute Gasteiger partial charge is 0.400 e. The third kappa shape index (κ3) is 3.49. The number of rotatable bonds is 3. The topological polar surface area (TPSA) is 38.8 Å². The molecule has 0 radical (unpaired) electrons. The molecule has 1 atom stereocenters. The maximum Gasteiger partial charge on any atom is 0.544 e. The van der Waals surface area contributed by atoms with Gasteiger partial charge in [-0.3, -0.25) is 4.67 Å². The van der Waals surface area contributed by atoms with Gasteiger partial charge >= 0.3 is 7.75 Å². The molecule has 6 heteroatoms. The third-order valence-electron chi connectivity index (χ3n) is 5.18. The van der Waals surface area contributed by atoms with Crippen LogP contribution in [0.3, 0.4) is 0 Å². The Labute approximate surface area is 183 Å². The first-order chi connectivity index (χ1) is 14.5. The summed E-state index contributed by atoms with van der Waals surface area (Å²) in [6.45, 7) is 2.42. The first-order valence-electron chi connectivity index (χ1n) is 9.62. The van der Waals surface area contributed by atoms with E-state index in [-0.39, 0.29) is 0 Å². The fraction of sp³-hybridized carbons (Fsp3) is 0.0833. The van der Waals surface area contributed by atoms with E-state index in [2.05, 4.69) is 28.1 Å². The molecule has 1 aliphatic rings. The summed E-state index contributed by atoms with van der Waals surface area (Å²) in [5, 5.41) is 2.20. The van der Waals surface area contributed by atoms with Gasteiger partial charge in [-0.15, -0.1) is 0 Å². The SMILES string of the molecule is Cc1ccc(OP2(=O)Oc3ccc4ccccc4c3CN2c2ccc(Br)cc2)cc1. The second kappa shape index (κ2) is 7.50. The van der Waals surface area contributed by atoms with E-state index < -0.39 is 7.75 Å². The summed E-state index contributed by atoms with van der Waals surface area (Å²) in [7, 11) is -3.69. The monoisotopic (exact) mass is 479 g/mol. The van der Waals surface area contributed by atoms with Crippen molar-refractivity contribution in [2.75, 3.05) is 4.67 Å². The van der Waals surface area contributed by atoms with Crippen LogP contribution in [0.5, 0.6) is 11.5 Å². The number of anilines is 1. The average Bonchev–Trinajstić information content (AvgIpc) is 2.75. The molecule has 1 aliphatic heterocycles. The third-order valence-corrected chi connectivity index (χ3v) is 7.54. The van der Waals surface area contributed by atoms with Crippen molar-refractivity contribution < 1.29 is 13.6 Å². The lowest BCUT2D eigenvalue weighted by atomic mass is 10.0. The van der Waals surface area contributed by atoms with Gasteiger partial charge in [0.1, 0.15) is 11.5 Å². The summed E-state index contributed by atoms with van der Waals surface area (Å²) in [4.78, 5) is 0. The Morgan fingerprint density at radius 2 is 1.67 bits per heavy atom. The van der Waals surface area contributed by atoms with E-state index in [9.17, 15) is 4.57 Å². The molecule has 30 heavy (non-hydrogen) atoms. The predicted molar refractivity (Wildman–Crippen MR) is 124 cm³/mol. The minimum atomic E-state index is -3.69. The molecule has 0 fully saturated rings. The molecule has 0 N–H and O–H groups in total. The molecule has 1 unspecified atom stereocenters. The van der Waals surface area contributed by atoms with Gasteiger partial charge in [0.25, 0.3) is 0 Å². The highest BCUT2D eigenvalue weighted by atomic mass is 79.9. The van der Waals surface area contributed by atoms with Gasteiger partial charge in [-0.2, -0.15) is 0 Å². The van der Waals surface area contributed by atoms with Crippen molar-refractivity contribution in [2.24, 2.45) is 0 Å². The molecular weight excluding hydrogens is 461 g/mol. The van der Waals surface area contributed by atoms with Crippen LogP contribution >= 0.6 is 23.7 Å². The Hall–Kier alpha value is -2.75. The molecule has 4 nitrogen and oxygen atoms in total. The second-order valence-corrected chi connectivity index (χ2v) is 9.96. The molecular formula is C24H19BrNO3P. The minimum Gasteiger partial charge on any atom is -0.400 e. The highest BCUT2D eigenvalue weighted by Gasteiger charge is 2.42. The van der Waals surface area contributed by atoms with E-state index in [1.807, 2.05) is 79.7 Å². The molecule has 5 rings (SSSR count). The van der Waals surface area contributed by atoms with E-state index >= 15 is 0 Å². The maximum absolute atomic E-state index is 14.1. The van der Waals surface area contributed by atoms with Gasteiger partial charge in [-0.1, -0.05) is 64.0 Å². The van der Waals surface area contributed by atoms with Crippen LogP contribution in [-0.2, 0) is 11.1 Å². The van der Waals surface area contributed by atoms with Crippen LogP contribution in [-0.4, -0.2) is 0 Å². The second-order valence-electron chi connectivity index (χ2n) is 7.26. The molecule has 0 bridgehead atoms. The minimum absolute atomic E-state index is 0.418. The van der Waals surface area contributed by atoms with Crippen LogP contribution in [0.4, 0.5) is 5.69 Å². The number of benzene rings is 4. The normalized spacial score (nSPS) is 18.0. The lowest BCUT2D eigenvalue weighted by Crippen LogP contribution is -2.29. The number of hydrogen-bond donors (Lipinski definition) is 0. The first-order valence-corrected chi connectivity index (χ1v) is 11.9. The number of hydrogen-bond acceptors (Lipinski definition) is 3. The molecule has 0 saturated carbocycles. The zero-order chi connectivity index (χ0) is 20.7. The van der Waals surface area contributed by atoms with E-state index in [1.54, 1.807) is 4.67 Å². The predicted octanol–water partition coefficient (Wildman–Crippen LogP) is 7.50. The summed E-state index contributed by atoms with van der Waals surface area (Å²) in [6.07, 6.45) is 0. The Balaban J connectivity index is 1.63. The van der Waals surface area contributed by atoms with Crippen molar-refractivity contribution in [2.45, 2.75) is 13.5 Å². The summed E-state index contributed by atoms with van der Waals surface area (Å²) >= 11 is 3.47. The van der Waals surface area contributed by atoms with Crippen LogP contribution in [0.25, 0.3) is 10.8 Å². The Morgan fingerprint density at radius 3 is 2.43 bits per heavy atom. The number of nitrogens with zero attached hydrogens (tertiary/aromatic N) is 1. The van der Waals surface area contributed by atoms with Crippen molar-refractivity contribution in [3.8, 4) is 11.5 Å². The molecule has 4 aromatic carbocycles. The summed E-state index contributed by atoms with van der Waals surface area (Å²) in [5.41, 5.74) is 2.87. The molecule has 150 valence electrons. The molecule has 0 aromatic heterocycles. The highest BCUT2D eigenvalue weighted by molar-refractivity contribution is 9.10. The average molecular weight is 480 g/mol. The van der Waals surface area contributed by atoms with Crippen LogP contribution < -0.4 is 13.7 Å². The lowest BCUT2D eigenvalue weighted by Gasteiger charge is -2.36. The van der Waals surface area contributed by atoms with E-state index in [0.29, 0.717) is 18.0 Å². The van der Waals surface area contributed by atoms with E-state index in [1.165, 1.54) is 0 Å². The zero-order valence-corrected chi connectivity index (χ0v) is 18.8. The van der Waals surface area contributed by atoms with Crippen molar-refractivity contribution in [1.29, 1.82) is 0 Å². The molecule has 0 aliphatic carbocycles. The Morgan fingerprint density at radius 1 is 0.933 bits per heavy atom. The molecule has 0 saturated heterocycles. The Kier molecular flexibility index (Phi) is 4.80. The quantitative estimate of drug-likeness (QED) is 0.285. The van der Waals surface area contributed by atoms with Crippen molar-refractivity contribution in [3.05, 3.63) is 101 Å². The van der Waals surface area contributed by atoms with Crippen molar-refractivity contribution in [1.82, 2.24) is 0 Å². The largest absolute Gasteiger partial charge is 0.544 e. The Bertz CT molecular complexity index is 1270. The summed E-state index contributed by atoms with van der Waals surface area (Å²) in [5.74, 6) is 1.10. The molecule has 4 aromatic rings. The van der Waals surface area contributed by atoms with Gasteiger partial charge in [0, 0.05) is 15.7 Å². The molecule has 1 heterocycles. The molecule has 0 amide bonds. The lowest BCUT2D eigenvalue weighted by molar-refractivity contribution is 0.371. The summed E-state index contributed by atoms with van der Waals surface area (Å²) in [6, 6.07) is 27.2. The van der Waals surface area contributed by atoms with Crippen LogP contribution in [0, 0.1) is 6.92 Å². The fourth-order valence-corrected chi connectivity index (χ4v) is 5.66. The number of fused-ring (bicyclic) bond motifs is 3. The van der Waals surface area contributed by atoms with Gasteiger partial charge in [0.05, 0.1) is 6.54 Å². The fourth-order valence-electron chi connectivity index (χ4n) is 3.62. The van der Waals surface area contributed by atoms with Gasteiger partial charge in [0.15, 0.2) is 0 Å². The standard InChI is InChI=1S/C24H19BrNO3P/c1-17-6-13-21(14-7-17)28-30(27)26(20-11-9-19(25)10-12-20)16-23-22-5-3-2-4-18(22)8-15-24(23)29-30/h2-15H,16H2,1H3. The summed E-state index contributed by atoms with van der Waals surface area (Å²) < 4.78 is 28.9. The van der Waals surface area contributed by atoms with Crippen molar-refractivity contribution >= 4 is 40.1 Å². The molecule has 0 spiro atoms. The van der Waals surface area contributed by atoms with Crippen LogP contribution in [0.15, 0.2) is 89.4 Å². The van der Waals surface area contributed by atoms with Gasteiger partial charge in [-0.25, -0.2) is 4.57 Å². The van der Waals surface area contributed by atoms with E-state index in [4.69, 9.17) is 9.05 Å². The van der Waals surface area contributed by atoms with Gasteiger partial charge in [-0.05, 0) is 60.2 Å². The van der Waals surface area contributed by atoms with Crippen LogP contribution in [0.2, 0.25) is 0 Å². The zero-order valence-electron chi connectivity index (χ0n) is 16.3. The van der Waals surface area contributed by atoms with Crippen molar-refractivity contribution in [3.63, 3.8) is 0 Å². The van der Waals surface area contributed by atoms with E-state index in [0.717, 1.165) is 32.1 Å².